The molecule has 0 heterocycles. The third-order valence-corrected chi connectivity index (χ3v) is 5.67. The molecule has 0 aliphatic heterocycles. The maximum Gasteiger partial charge on any atom is 0.152 e. The number of methoxy groups -OCH3 is 1. The fourth-order valence-corrected chi connectivity index (χ4v) is 3.93. The van der Waals surface area contributed by atoms with E-state index in [0.29, 0.717) is 19.6 Å². The van der Waals surface area contributed by atoms with Gasteiger partial charge in [-0.2, -0.15) is 0 Å². The van der Waals surface area contributed by atoms with Gasteiger partial charge in [0.05, 0.1) is 11.9 Å². The zero-order valence-electron chi connectivity index (χ0n) is 9.53. The Morgan fingerprint density at radius 3 is 2.67 bits per heavy atom. The minimum absolute atomic E-state index is 0.109. The van der Waals surface area contributed by atoms with E-state index < -0.39 is 9.84 Å². The van der Waals surface area contributed by atoms with E-state index >= 15 is 0 Å². The van der Waals surface area contributed by atoms with Crippen LogP contribution >= 0.6 is 0 Å². The van der Waals surface area contributed by atoms with Crippen LogP contribution in [-0.2, 0) is 14.6 Å². The fraction of sp³-hybridized carbons (Fsp3) is 1.00. The molecule has 0 bridgehead atoms. The van der Waals surface area contributed by atoms with Crippen LogP contribution in [0.15, 0.2) is 0 Å². The van der Waals surface area contributed by atoms with Crippen molar-refractivity contribution in [3.63, 3.8) is 0 Å². The van der Waals surface area contributed by atoms with E-state index in [4.69, 9.17) is 10.5 Å². The lowest BCUT2D eigenvalue weighted by atomic mass is 9.87. The highest BCUT2D eigenvalue weighted by atomic mass is 32.2. The van der Waals surface area contributed by atoms with Crippen LogP contribution < -0.4 is 5.73 Å². The molecule has 15 heavy (non-hydrogen) atoms. The monoisotopic (exact) mass is 235 g/mol. The number of hydrogen-bond acceptors (Lipinski definition) is 4. The molecule has 5 heteroatoms. The lowest BCUT2D eigenvalue weighted by Gasteiger charge is -2.26. The van der Waals surface area contributed by atoms with Gasteiger partial charge in [0.2, 0.25) is 0 Å². The highest BCUT2D eigenvalue weighted by Gasteiger charge is 2.42. The van der Waals surface area contributed by atoms with Crippen LogP contribution in [0.4, 0.5) is 0 Å². The van der Waals surface area contributed by atoms with E-state index in [2.05, 4.69) is 0 Å². The van der Waals surface area contributed by atoms with Crippen molar-refractivity contribution >= 4 is 9.84 Å². The molecular weight excluding hydrogens is 214 g/mol. The predicted molar refractivity (Wildman–Crippen MR) is 60.5 cm³/mol. The van der Waals surface area contributed by atoms with Crippen LogP contribution in [0.5, 0.6) is 0 Å². The summed E-state index contributed by atoms with van der Waals surface area (Å²) in [6.45, 7) is 2.78. The normalized spacial score (nSPS) is 32.1. The van der Waals surface area contributed by atoms with Gasteiger partial charge in [-0.15, -0.1) is 0 Å². The summed E-state index contributed by atoms with van der Waals surface area (Å²) in [6, 6.07) is 0. The zero-order valence-corrected chi connectivity index (χ0v) is 10.3. The molecule has 2 atom stereocenters. The van der Waals surface area contributed by atoms with Crippen molar-refractivity contribution in [2.75, 3.05) is 26.0 Å². The minimum atomic E-state index is -2.91. The topological polar surface area (TPSA) is 69.4 Å². The molecule has 0 saturated heterocycles. The smallest absolute Gasteiger partial charge is 0.152 e. The summed E-state index contributed by atoms with van der Waals surface area (Å²) in [5, 5.41) is -0.207. The summed E-state index contributed by atoms with van der Waals surface area (Å²) < 4.78 is 28.6. The van der Waals surface area contributed by atoms with E-state index in [1.807, 2.05) is 0 Å². The molecule has 1 rings (SSSR count). The van der Waals surface area contributed by atoms with Crippen LogP contribution in [0.3, 0.4) is 0 Å². The Hall–Kier alpha value is -0.130. The van der Waals surface area contributed by atoms with Gasteiger partial charge in [-0.25, -0.2) is 8.42 Å². The van der Waals surface area contributed by atoms with Gasteiger partial charge in [0.15, 0.2) is 9.84 Å². The largest absolute Gasteiger partial charge is 0.384 e. The third-order valence-electron chi connectivity index (χ3n) is 3.45. The molecule has 0 aromatic heterocycles. The Balaban J connectivity index is 2.73. The van der Waals surface area contributed by atoms with Crippen LogP contribution in [0.25, 0.3) is 0 Å². The SMILES string of the molecule is CCS(=O)(=O)[C@H]1CC[C@](CN)(COC)C1. The summed E-state index contributed by atoms with van der Waals surface area (Å²) >= 11 is 0. The summed E-state index contributed by atoms with van der Waals surface area (Å²) in [4.78, 5) is 0. The van der Waals surface area contributed by atoms with Gasteiger partial charge in [0.1, 0.15) is 0 Å². The second-order valence-corrected chi connectivity index (χ2v) is 7.02. The average molecular weight is 235 g/mol. The first-order chi connectivity index (χ1) is 6.99. The first kappa shape index (κ1) is 12.9. The van der Waals surface area contributed by atoms with Gasteiger partial charge in [-0.05, 0) is 19.3 Å². The molecule has 0 radical (unpaired) electrons. The number of rotatable bonds is 5. The van der Waals surface area contributed by atoms with Crippen molar-refractivity contribution in [3.8, 4) is 0 Å². The van der Waals surface area contributed by atoms with Crippen LogP contribution in [-0.4, -0.2) is 39.7 Å². The van der Waals surface area contributed by atoms with E-state index in [-0.39, 0.29) is 16.4 Å². The summed E-state index contributed by atoms with van der Waals surface area (Å²) in [5.41, 5.74) is 5.62. The first-order valence-electron chi connectivity index (χ1n) is 5.40. The van der Waals surface area contributed by atoms with Gasteiger partial charge in [-0.1, -0.05) is 6.92 Å². The van der Waals surface area contributed by atoms with Gasteiger partial charge in [-0.3, -0.25) is 0 Å². The van der Waals surface area contributed by atoms with Crippen LogP contribution in [0.1, 0.15) is 26.2 Å². The Kier molecular flexibility index (Phi) is 4.14. The molecule has 0 amide bonds. The van der Waals surface area contributed by atoms with E-state index in [0.717, 1.165) is 12.8 Å². The van der Waals surface area contributed by atoms with Crippen molar-refractivity contribution in [1.29, 1.82) is 0 Å². The number of hydrogen-bond donors (Lipinski definition) is 1. The lowest BCUT2D eigenvalue weighted by molar-refractivity contribution is 0.0895. The Labute approximate surface area is 92.1 Å². The number of nitrogens with two attached hydrogens (primary N) is 1. The molecule has 1 aliphatic carbocycles. The highest BCUT2D eigenvalue weighted by Crippen LogP contribution is 2.40. The maximum atomic E-state index is 11.7. The van der Waals surface area contributed by atoms with Gasteiger partial charge in [0, 0.05) is 24.8 Å². The van der Waals surface area contributed by atoms with Crippen molar-refractivity contribution < 1.29 is 13.2 Å². The Bertz CT molecular complexity index is 302. The minimum Gasteiger partial charge on any atom is -0.384 e. The lowest BCUT2D eigenvalue weighted by Crippen LogP contribution is -2.34. The second-order valence-electron chi connectivity index (χ2n) is 4.45. The Morgan fingerprint density at radius 2 is 2.20 bits per heavy atom. The fourth-order valence-electron chi connectivity index (χ4n) is 2.38. The molecule has 1 fully saturated rings. The van der Waals surface area contributed by atoms with Crippen molar-refractivity contribution in [2.24, 2.45) is 11.1 Å². The van der Waals surface area contributed by atoms with Crippen molar-refractivity contribution in [1.82, 2.24) is 0 Å². The summed E-state index contributed by atoms with van der Waals surface area (Å²) in [6.07, 6.45) is 2.26. The second kappa shape index (κ2) is 4.80. The predicted octanol–water partition coefficient (Wildman–Crippen LogP) is 0.565. The molecule has 4 nitrogen and oxygen atoms in total. The van der Waals surface area contributed by atoms with E-state index in [1.54, 1.807) is 14.0 Å². The molecule has 0 aromatic carbocycles. The van der Waals surface area contributed by atoms with Crippen LogP contribution in [0.2, 0.25) is 0 Å². The molecular formula is C10H21NO3S. The quantitative estimate of drug-likeness (QED) is 0.756. The molecule has 2 N–H and O–H groups in total. The van der Waals surface area contributed by atoms with Gasteiger partial charge < -0.3 is 10.5 Å². The summed E-state index contributed by atoms with van der Waals surface area (Å²) in [5.74, 6) is 0.227. The standard InChI is InChI=1S/C10H21NO3S/c1-3-15(12,13)9-4-5-10(6-9,7-11)8-14-2/h9H,3-8,11H2,1-2H3/t9-,10-/m0/s1. The number of sulfone groups is 1. The van der Waals surface area contributed by atoms with Crippen LogP contribution in [0, 0.1) is 5.41 Å². The maximum absolute atomic E-state index is 11.7. The van der Waals surface area contributed by atoms with Gasteiger partial charge >= 0.3 is 0 Å². The first-order valence-corrected chi connectivity index (χ1v) is 7.12. The molecule has 1 aliphatic rings. The summed E-state index contributed by atoms with van der Waals surface area (Å²) in [7, 11) is -1.27. The molecule has 0 spiro atoms. The Morgan fingerprint density at radius 1 is 1.53 bits per heavy atom. The average Bonchev–Trinajstić information content (AvgIpc) is 2.64. The third kappa shape index (κ3) is 2.71. The van der Waals surface area contributed by atoms with Crippen molar-refractivity contribution in [2.45, 2.75) is 31.4 Å². The molecule has 90 valence electrons. The number of ether oxygens (including phenoxy) is 1. The zero-order chi connectivity index (χ0) is 11.5. The molecule has 0 aromatic rings. The molecule has 1 saturated carbocycles. The van der Waals surface area contributed by atoms with Crippen molar-refractivity contribution in [3.05, 3.63) is 0 Å². The van der Waals surface area contributed by atoms with E-state index in [1.165, 1.54) is 0 Å². The molecule has 0 unspecified atom stereocenters. The van der Waals surface area contributed by atoms with Gasteiger partial charge in [0.25, 0.3) is 0 Å². The van der Waals surface area contributed by atoms with E-state index in [9.17, 15) is 8.42 Å². The highest BCUT2D eigenvalue weighted by molar-refractivity contribution is 7.92.